The first-order chi connectivity index (χ1) is 14.9. The number of aromatic nitrogens is 2. The van der Waals surface area contributed by atoms with Crippen molar-refractivity contribution in [3.8, 4) is 5.75 Å². The van der Waals surface area contributed by atoms with Crippen LogP contribution in [0, 0.1) is 6.92 Å². The number of thioether (sulfide) groups is 1. The van der Waals surface area contributed by atoms with Crippen LogP contribution in [0.3, 0.4) is 0 Å². The molecule has 0 amide bonds. The Morgan fingerprint density at radius 3 is 2.61 bits per heavy atom. The average molecular weight is 457 g/mol. The standard InChI is InChI=1S/C23H21ClN2O4S/c1-13(2)18-10-19-15(9-22(27)29-20(19)8-14(18)3)12-31-23-26-25-21(30-23)11-28-17-6-4-16(24)5-7-17/h4-10,13H,11-12H2,1-3H3. The second kappa shape index (κ2) is 9.16. The minimum atomic E-state index is -0.373. The molecule has 0 aliphatic carbocycles. The molecule has 0 bridgehead atoms. The lowest BCUT2D eigenvalue weighted by Crippen LogP contribution is -2.02. The Balaban J connectivity index is 1.48. The van der Waals surface area contributed by atoms with E-state index >= 15 is 0 Å². The molecule has 4 rings (SSSR count). The molecular weight excluding hydrogens is 436 g/mol. The van der Waals surface area contributed by atoms with Gasteiger partial charge < -0.3 is 13.6 Å². The molecule has 0 spiro atoms. The largest absolute Gasteiger partial charge is 0.484 e. The van der Waals surface area contributed by atoms with Crippen LogP contribution in [0.4, 0.5) is 0 Å². The Hall–Kier alpha value is -2.77. The summed E-state index contributed by atoms with van der Waals surface area (Å²) in [7, 11) is 0. The van der Waals surface area contributed by atoms with Crippen molar-refractivity contribution in [1.82, 2.24) is 10.2 Å². The SMILES string of the molecule is Cc1cc2oc(=O)cc(CSc3nnc(COc4ccc(Cl)cc4)o3)c2cc1C(C)C. The highest BCUT2D eigenvalue weighted by atomic mass is 35.5. The molecule has 2 aromatic carbocycles. The van der Waals surface area contributed by atoms with E-state index in [4.69, 9.17) is 25.2 Å². The predicted molar refractivity (Wildman–Crippen MR) is 121 cm³/mol. The lowest BCUT2D eigenvalue weighted by Gasteiger charge is -2.12. The van der Waals surface area contributed by atoms with Crippen molar-refractivity contribution >= 4 is 34.3 Å². The molecule has 0 saturated carbocycles. The topological polar surface area (TPSA) is 78.4 Å². The number of rotatable bonds is 7. The van der Waals surface area contributed by atoms with Crippen molar-refractivity contribution < 1.29 is 13.6 Å². The van der Waals surface area contributed by atoms with Gasteiger partial charge in [-0.25, -0.2) is 4.79 Å². The molecular formula is C23H21ClN2O4S. The summed E-state index contributed by atoms with van der Waals surface area (Å²) in [6.45, 7) is 6.48. The van der Waals surface area contributed by atoms with E-state index in [0.29, 0.717) is 39.1 Å². The molecule has 0 aliphatic heterocycles. The maximum atomic E-state index is 12.0. The van der Waals surface area contributed by atoms with Gasteiger partial charge in [0.25, 0.3) is 11.1 Å². The zero-order valence-corrected chi connectivity index (χ0v) is 18.9. The van der Waals surface area contributed by atoms with Crippen molar-refractivity contribution in [2.75, 3.05) is 0 Å². The van der Waals surface area contributed by atoms with Crippen LogP contribution in [-0.2, 0) is 12.4 Å². The second-order valence-corrected chi connectivity index (χ2v) is 8.81. The van der Waals surface area contributed by atoms with E-state index in [-0.39, 0.29) is 12.2 Å². The van der Waals surface area contributed by atoms with Crippen LogP contribution in [0.2, 0.25) is 5.02 Å². The summed E-state index contributed by atoms with van der Waals surface area (Å²) in [4.78, 5) is 12.0. The number of nitrogens with zero attached hydrogens (tertiary/aromatic N) is 2. The molecule has 160 valence electrons. The third-order valence-electron chi connectivity index (χ3n) is 4.81. The van der Waals surface area contributed by atoms with Crippen molar-refractivity contribution in [2.24, 2.45) is 0 Å². The number of benzene rings is 2. The van der Waals surface area contributed by atoms with Crippen molar-refractivity contribution in [3.05, 3.63) is 80.5 Å². The third-order valence-corrected chi connectivity index (χ3v) is 5.93. The zero-order valence-electron chi connectivity index (χ0n) is 17.3. The lowest BCUT2D eigenvalue weighted by molar-refractivity contribution is 0.252. The van der Waals surface area contributed by atoms with Crippen LogP contribution < -0.4 is 10.4 Å². The summed E-state index contributed by atoms with van der Waals surface area (Å²) in [6, 6.07) is 12.6. The zero-order chi connectivity index (χ0) is 22.0. The van der Waals surface area contributed by atoms with E-state index in [1.54, 1.807) is 24.3 Å². The summed E-state index contributed by atoms with van der Waals surface area (Å²) >= 11 is 7.24. The van der Waals surface area contributed by atoms with Crippen LogP contribution in [0.5, 0.6) is 5.75 Å². The van der Waals surface area contributed by atoms with Crippen LogP contribution in [0.25, 0.3) is 11.0 Å². The highest BCUT2D eigenvalue weighted by Gasteiger charge is 2.14. The molecule has 4 aromatic rings. The Morgan fingerprint density at radius 1 is 1.10 bits per heavy atom. The Kier molecular flexibility index (Phi) is 6.34. The molecule has 0 N–H and O–H groups in total. The first kappa shape index (κ1) is 21.5. The number of hydrogen-bond donors (Lipinski definition) is 0. The number of aryl methyl sites for hydroxylation is 1. The van der Waals surface area contributed by atoms with Gasteiger partial charge in [-0.05, 0) is 65.9 Å². The molecule has 0 radical (unpaired) electrons. The fourth-order valence-electron chi connectivity index (χ4n) is 3.30. The maximum absolute atomic E-state index is 12.0. The number of halogens is 1. The minimum absolute atomic E-state index is 0.157. The van der Waals surface area contributed by atoms with Gasteiger partial charge in [-0.1, -0.05) is 37.2 Å². The molecule has 6 nitrogen and oxygen atoms in total. The summed E-state index contributed by atoms with van der Waals surface area (Å²) in [5, 5.41) is 10.1. The van der Waals surface area contributed by atoms with Crippen molar-refractivity contribution in [3.63, 3.8) is 0 Å². The van der Waals surface area contributed by atoms with Crippen LogP contribution in [0.15, 0.2) is 61.3 Å². The summed E-state index contributed by atoms with van der Waals surface area (Å²) in [6.07, 6.45) is 0. The number of hydrogen-bond acceptors (Lipinski definition) is 7. The van der Waals surface area contributed by atoms with Crippen LogP contribution >= 0.6 is 23.4 Å². The summed E-state index contributed by atoms with van der Waals surface area (Å²) in [5.41, 5.74) is 3.43. The molecule has 0 saturated heterocycles. The highest BCUT2D eigenvalue weighted by Crippen LogP contribution is 2.30. The monoisotopic (exact) mass is 456 g/mol. The molecule has 2 aromatic heterocycles. The van der Waals surface area contributed by atoms with Gasteiger partial charge in [0.2, 0.25) is 0 Å². The number of fused-ring (bicyclic) bond motifs is 1. The number of ether oxygens (including phenoxy) is 1. The molecule has 0 atom stereocenters. The second-order valence-electron chi connectivity index (χ2n) is 7.44. The van der Waals surface area contributed by atoms with Gasteiger partial charge >= 0.3 is 5.63 Å². The molecule has 0 aliphatic rings. The van der Waals surface area contributed by atoms with E-state index < -0.39 is 0 Å². The van der Waals surface area contributed by atoms with Crippen LogP contribution in [-0.4, -0.2) is 10.2 Å². The molecule has 31 heavy (non-hydrogen) atoms. The van der Waals surface area contributed by atoms with Crippen LogP contribution in [0.1, 0.15) is 42.3 Å². The highest BCUT2D eigenvalue weighted by molar-refractivity contribution is 7.98. The van der Waals surface area contributed by atoms with Gasteiger partial charge in [-0.15, -0.1) is 10.2 Å². The molecule has 0 fully saturated rings. The van der Waals surface area contributed by atoms with Gasteiger partial charge in [0.05, 0.1) is 0 Å². The van der Waals surface area contributed by atoms with E-state index in [9.17, 15) is 4.79 Å². The Labute approximate surface area is 188 Å². The van der Waals surface area contributed by atoms with Gasteiger partial charge in [0.1, 0.15) is 11.3 Å². The Morgan fingerprint density at radius 2 is 1.87 bits per heavy atom. The average Bonchev–Trinajstić information content (AvgIpc) is 3.18. The van der Waals surface area contributed by atoms with E-state index in [1.807, 2.05) is 13.0 Å². The molecule has 2 heterocycles. The van der Waals surface area contributed by atoms with E-state index in [0.717, 1.165) is 16.5 Å². The predicted octanol–water partition coefficient (Wildman–Crippen LogP) is 6.13. The van der Waals surface area contributed by atoms with Gasteiger partial charge in [-0.2, -0.15) is 0 Å². The van der Waals surface area contributed by atoms with E-state index in [1.165, 1.54) is 23.4 Å². The van der Waals surface area contributed by atoms with Crippen molar-refractivity contribution in [2.45, 2.75) is 44.3 Å². The Bertz CT molecular complexity index is 1270. The summed E-state index contributed by atoms with van der Waals surface area (Å²) in [5.74, 6) is 1.90. The van der Waals surface area contributed by atoms with E-state index in [2.05, 4.69) is 30.1 Å². The van der Waals surface area contributed by atoms with Gasteiger partial charge in [-0.3, -0.25) is 0 Å². The normalized spacial score (nSPS) is 11.4. The summed E-state index contributed by atoms with van der Waals surface area (Å²) < 4.78 is 16.7. The maximum Gasteiger partial charge on any atom is 0.336 e. The van der Waals surface area contributed by atoms with Crippen molar-refractivity contribution in [1.29, 1.82) is 0 Å². The van der Waals surface area contributed by atoms with Gasteiger partial charge in [0, 0.05) is 22.2 Å². The molecule has 0 unspecified atom stereocenters. The molecule has 8 heteroatoms. The first-order valence-corrected chi connectivity index (χ1v) is 11.2. The minimum Gasteiger partial charge on any atom is -0.484 e. The quantitative estimate of drug-likeness (QED) is 0.244. The fourth-order valence-corrected chi connectivity index (χ4v) is 4.20. The lowest BCUT2D eigenvalue weighted by atomic mass is 9.95. The fraction of sp³-hybridized carbons (Fsp3) is 0.261. The third kappa shape index (κ3) is 5.11. The van der Waals surface area contributed by atoms with Gasteiger partial charge in [0.15, 0.2) is 6.61 Å². The first-order valence-electron chi connectivity index (χ1n) is 9.80. The smallest absolute Gasteiger partial charge is 0.336 e.